The Morgan fingerprint density at radius 1 is 1.10 bits per heavy atom. The summed E-state index contributed by atoms with van der Waals surface area (Å²) >= 11 is 7.74. The Morgan fingerprint density at radius 2 is 1.95 bits per heavy atom. The number of benzene rings is 2. The van der Waals surface area contributed by atoms with Crippen LogP contribution >= 0.6 is 23.4 Å². The van der Waals surface area contributed by atoms with Crippen molar-refractivity contribution in [2.45, 2.75) is 17.9 Å². The molecule has 2 aromatic rings. The topological polar surface area (TPSA) is 35.2 Å². The summed E-state index contributed by atoms with van der Waals surface area (Å²) in [6, 6.07) is 15.8. The molecule has 2 aromatic carbocycles. The number of thioether (sulfide) groups is 1. The molecule has 0 amide bonds. The molecule has 0 saturated heterocycles. The van der Waals surface area contributed by atoms with Gasteiger partial charge in [-0.2, -0.15) is 0 Å². The maximum atomic E-state index is 5.95. The van der Waals surface area contributed by atoms with Crippen molar-refractivity contribution in [1.29, 1.82) is 0 Å². The molecular weight excluding hydrogens is 290 g/mol. The minimum Gasteiger partial charge on any atom is -0.493 e. The van der Waals surface area contributed by atoms with E-state index < -0.39 is 0 Å². The number of para-hydroxylation sites is 1. The Bertz CT molecular complexity index is 548. The van der Waals surface area contributed by atoms with E-state index >= 15 is 0 Å². The molecule has 0 aliphatic rings. The first kappa shape index (κ1) is 15.2. The molecule has 20 heavy (non-hydrogen) atoms. The van der Waals surface area contributed by atoms with Crippen LogP contribution in [0.4, 0.5) is 0 Å². The fourth-order valence-corrected chi connectivity index (χ4v) is 2.94. The first-order chi connectivity index (χ1) is 9.79. The molecule has 0 unspecified atom stereocenters. The fraction of sp³-hybridized carbons (Fsp3) is 0.250. The second-order valence-corrected chi connectivity index (χ2v) is 5.92. The maximum Gasteiger partial charge on any atom is 0.123 e. The number of ether oxygens (including phenoxy) is 1. The molecule has 0 bridgehead atoms. The van der Waals surface area contributed by atoms with Crippen LogP contribution in [0.1, 0.15) is 12.0 Å². The lowest BCUT2D eigenvalue weighted by atomic mass is 10.2. The van der Waals surface area contributed by atoms with Crippen LogP contribution in [0.5, 0.6) is 5.75 Å². The van der Waals surface area contributed by atoms with Crippen molar-refractivity contribution in [3.63, 3.8) is 0 Å². The lowest BCUT2D eigenvalue weighted by Crippen LogP contribution is -2.04. The second-order valence-electron chi connectivity index (χ2n) is 4.32. The molecule has 0 radical (unpaired) electrons. The molecule has 2 nitrogen and oxygen atoms in total. The van der Waals surface area contributed by atoms with Gasteiger partial charge in [0.15, 0.2) is 0 Å². The van der Waals surface area contributed by atoms with Crippen molar-refractivity contribution in [3.05, 3.63) is 59.1 Å². The molecule has 106 valence electrons. The standard InChI is InChI=1S/C16H18ClNOS/c17-14-6-3-7-15(11-14)20-10-4-9-19-16-8-2-1-5-13(16)12-18/h1-3,5-8,11H,4,9-10,12,18H2. The van der Waals surface area contributed by atoms with E-state index in [2.05, 4.69) is 6.07 Å². The van der Waals surface area contributed by atoms with E-state index in [1.54, 1.807) is 11.8 Å². The molecule has 0 atom stereocenters. The highest BCUT2D eigenvalue weighted by Crippen LogP contribution is 2.22. The highest BCUT2D eigenvalue weighted by atomic mass is 35.5. The summed E-state index contributed by atoms with van der Waals surface area (Å²) in [6.07, 6.45) is 0.982. The summed E-state index contributed by atoms with van der Waals surface area (Å²) < 4.78 is 5.77. The zero-order valence-electron chi connectivity index (χ0n) is 11.2. The zero-order valence-corrected chi connectivity index (χ0v) is 12.8. The highest BCUT2D eigenvalue weighted by molar-refractivity contribution is 7.99. The van der Waals surface area contributed by atoms with E-state index in [1.807, 2.05) is 42.5 Å². The van der Waals surface area contributed by atoms with Gasteiger partial charge in [-0.1, -0.05) is 35.9 Å². The second kappa shape index (κ2) is 8.20. The summed E-state index contributed by atoms with van der Waals surface area (Å²) in [7, 11) is 0. The molecule has 2 rings (SSSR count). The van der Waals surface area contributed by atoms with Gasteiger partial charge in [0.05, 0.1) is 6.61 Å². The van der Waals surface area contributed by atoms with Crippen molar-refractivity contribution in [2.75, 3.05) is 12.4 Å². The van der Waals surface area contributed by atoms with Crippen molar-refractivity contribution >= 4 is 23.4 Å². The van der Waals surface area contributed by atoms with E-state index in [-0.39, 0.29) is 0 Å². The van der Waals surface area contributed by atoms with Gasteiger partial charge >= 0.3 is 0 Å². The Hall–Kier alpha value is -1.16. The normalized spacial score (nSPS) is 10.5. The summed E-state index contributed by atoms with van der Waals surface area (Å²) in [5.41, 5.74) is 6.73. The van der Waals surface area contributed by atoms with E-state index in [4.69, 9.17) is 22.1 Å². The number of hydrogen-bond acceptors (Lipinski definition) is 3. The number of halogens is 1. The number of hydrogen-bond donors (Lipinski definition) is 1. The van der Waals surface area contributed by atoms with E-state index in [9.17, 15) is 0 Å². The summed E-state index contributed by atoms with van der Waals surface area (Å²) in [6.45, 7) is 1.21. The van der Waals surface area contributed by atoms with Crippen LogP contribution < -0.4 is 10.5 Å². The van der Waals surface area contributed by atoms with Crippen LogP contribution in [-0.4, -0.2) is 12.4 Å². The smallest absolute Gasteiger partial charge is 0.123 e. The molecule has 0 heterocycles. The van der Waals surface area contributed by atoms with Crippen molar-refractivity contribution in [3.8, 4) is 5.75 Å². The predicted octanol–water partition coefficient (Wildman–Crippen LogP) is 4.36. The lowest BCUT2D eigenvalue weighted by Gasteiger charge is -2.10. The average Bonchev–Trinajstić information content (AvgIpc) is 2.47. The Morgan fingerprint density at radius 3 is 2.75 bits per heavy atom. The van der Waals surface area contributed by atoms with Gasteiger partial charge < -0.3 is 10.5 Å². The molecule has 0 aromatic heterocycles. The highest BCUT2D eigenvalue weighted by Gasteiger charge is 2.01. The Balaban J connectivity index is 1.71. The molecule has 0 fully saturated rings. The fourth-order valence-electron chi connectivity index (χ4n) is 1.80. The number of nitrogens with two attached hydrogens (primary N) is 1. The maximum absolute atomic E-state index is 5.95. The molecule has 0 aliphatic carbocycles. The molecule has 0 spiro atoms. The lowest BCUT2D eigenvalue weighted by molar-refractivity contribution is 0.315. The molecule has 4 heteroatoms. The van der Waals surface area contributed by atoms with E-state index in [0.717, 1.165) is 28.5 Å². The average molecular weight is 308 g/mol. The minimum atomic E-state index is 0.507. The van der Waals surface area contributed by atoms with Crippen LogP contribution in [0, 0.1) is 0 Å². The van der Waals surface area contributed by atoms with Gasteiger partial charge in [0.1, 0.15) is 5.75 Å². The predicted molar refractivity (Wildman–Crippen MR) is 86.6 cm³/mol. The molecule has 2 N–H and O–H groups in total. The zero-order chi connectivity index (χ0) is 14.2. The summed E-state index contributed by atoms with van der Waals surface area (Å²) in [5.74, 6) is 1.90. The van der Waals surface area contributed by atoms with Crippen molar-refractivity contribution in [1.82, 2.24) is 0 Å². The van der Waals surface area contributed by atoms with Crippen LogP contribution in [0.15, 0.2) is 53.4 Å². The summed E-state index contributed by atoms with van der Waals surface area (Å²) in [4.78, 5) is 1.19. The van der Waals surface area contributed by atoms with Gasteiger partial charge in [-0.25, -0.2) is 0 Å². The quantitative estimate of drug-likeness (QED) is 0.610. The van der Waals surface area contributed by atoms with Crippen LogP contribution in [0.2, 0.25) is 5.02 Å². The van der Waals surface area contributed by atoms with Gasteiger partial charge in [0.2, 0.25) is 0 Å². The van der Waals surface area contributed by atoms with Gasteiger partial charge in [-0.3, -0.25) is 0 Å². The third kappa shape index (κ3) is 4.75. The van der Waals surface area contributed by atoms with Gasteiger partial charge in [-0.05, 0) is 30.7 Å². The van der Waals surface area contributed by atoms with Gasteiger partial charge in [-0.15, -0.1) is 11.8 Å². The monoisotopic (exact) mass is 307 g/mol. The van der Waals surface area contributed by atoms with Gasteiger partial charge in [0.25, 0.3) is 0 Å². The first-order valence-electron chi connectivity index (χ1n) is 6.59. The third-order valence-electron chi connectivity index (χ3n) is 2.80. The van der Waals surface area contributed by atoms with Crippen LogP contribution in [0.25, 0.3) is 0 Å². The number of rotatable bonds is 7. The van der Waals surface area contributed by atoms with Gasteiger partial charge in [0, 0.05) is 27.8 Å². The summed E-state index contributed by atoms with van der Waals surface area (Å²) in [5, 5.41) is 0.781. The SMILES string of the molecule is NCc1ccccc1OCCCSc1cccc(Cl)c1. The molecule has 0 saturated carbocycles. The van der Waals surface area contributed by atoms with E-state index in [1.165, 1.54) is 4.90 Å². The third-order valence-corrected chi connectivity index (χ3v) is 4.12. The minimum absolute atomic E-state index is 0.507. The van der Waals surface area contributed by atoms with Crippen molar-refractivity contribution < 1.29 is 4.74 Å². The van der Waals surface area contributed by atoms with Crippen molar-refractivity contribution in [2.24, 2.45) is 5.73 Å². The van der Waals surface area contributed by atoms with E-state index in [0.29, 0.717) is 13.2 Å². The first-order valence-corrected chi connectivity index (χ1v) is 7.95. The molecular formula is C16H18ClNOS. The molecule has 0 aliphatic heterocycles. The van der Waals surface area contributed by atoms with Crippen LogP contribution in [0.3, 0.4) is 0 Å². The largest absolute Gasteiger partial charge is 0.493 e. The Labute approximate surface area is 129 Å². The Kier molecular flexibility index (Phi) is 6.25. The van der Waals surface area contributed by atoms with Crippen LogP contribution in [-0.2, 0) is 6.54 Å².